The van der Waals surface area contributed by atoms with E-state index >= 15 is 0 Å². The molecule has 1 amide bonds. The number of hydrogen-bond donors (Lipinski definition) is 2. The third kappa shape index (κ3) is 3.96. The van der Waals surface area contributed by atoms with E-state index in [0.717, 1.165) is 0 Å². The van der Waals surface area contributed by atoms with Crippen LogP contribution in [0.4, 0.5) is 15.8 Å². The van der Waals surface area contributed by atoms with Crippen molar-refractivity contribution in [3.8, 4) is 0 Å². The quantitative estimate of drug-likeness (QED) is 0.682. The highest BCUT2D eigenvalue weighted by molar-refractivity contribution is 9.11. The summed E-state index contributed by atoms with van der Waals surface area (Å²) in [6.07, 6.45) is -0.158. The molecule has 3 nitrogen and oxygen atoms in total. The van der Waals surface area contributed by atoms with Crippen LogP contribution in [0.25, 0.3) is 0 Å². The summed E-state index contributed by atoms with van der Waals surface area (Å²) in [5, 5.41) is 2.92. The zero-order valence-electron chi connectivity index (χ0n) is 10.6. The molecule has 2 aromatic rings. The minimum atomic E-state index is -0.506. The first-order valence-corrected chi connectivity index (χ1v) is 7.82. The van der Waals surface area contributed by atoms with Gasteiger partial charge >= 0.3 is 0 Å². The largest absolute Gasteiger partial charge is 0.399 e. The van der Waals surface area contributed by atoms with E-state index in [1.54, 1.807) is 18.2 Å². The number of carbonyl (C=O) groups excluding carboxylic acids is 1. The third-order valence-corrected chi connectivity index (χ3v) is 4.33. The van der Waals surface area contributed by atoms with Gasteiger partial charge in [0.25, 0.3) is 0 Å². The lowest BCUT2D eigenvalue weighted by molar-refractivity contribution is -0.115. The Labute approximate surface area is 142 Å². The Bertz CT molecular complexity index is 666. The maximum atomic E-state index is 13.7. The van der Waals surface area contributed by atoms with Crippen LogP contribution in [0, 0.1) is 5.82 Å². The van der Waals surface area contributed by atoms with E-state index < -0.39 is 5.82 Å². The maximum Gasteiger partial charge on any atom is 0.229 e. The minimum Gasteiger partial charge on any atom is -0.399 e. The average Bonchev–Trinajstić information content (AvgIpc) is 2.38. The molecular weight excluding hydrogens is 426 g/mol. The van der Waals surface area contributed by atoms with Gasteiger partial charge in [-0.3, -0.25) is 4.79 Å². The van der Waals surface area contributed by atoms with Crippen molar-refractivity contribution in [2.45, 2.75) is 6.42 Å². The second kappa shape index (κ2) is 6.77. The number of carbonyl (C=O) groups is 1. The molecule has 0 radical (unpaired) electrons. The monoisotopic (exact) mass is 434 g/mol. The summed E-state index contributed by atoms with van der Waals surface area (Å²) in [4.78, 5) is 12.1. The van der Waals surface area contributed by atoms with Crippen molar-refractivity contribution in [2.75, 3.05) is 11.1 Å². The number of anilines is 2. The molecule has 0 aliphatic carbocycles. The van der Waals surface area contributed by atoms with E-state index in [2.05, 4.69) is 37.2 Å². The highest BCUT2D eigenvalue weighted by atomic mass is 79.9. The Morgan fingerprint density at radius 1 is 1.29 bits per heavy atom. The summed E-state index contributed by atoms with van der Waals surface area (Å²) in [5.74, 6) is -0.888. The van der Waals surface area contributed by atoms with Gasteiger partial charge in [-0.2, -0.15) is 0 Å². The first-order chi connectivity index (χ1) is 9.88. The van der Waals surface area contributed by atoms with Crippen molar-refractivity contribution in [3.63, 3.8) is 0 Å². The standard InChI is InChI=1S/C14H10Br2ClFN2O/c15-9-4-7(19)5-10(16)14(9)20-13(21)6-8-11(17)2-1-3-12(8)18/h1-5H,6,19H2,(H,20,21). The summed E-state index contributed by atoms with van der Waals surface area (Å²) < 4.78 is 14.9. The highest BCUT2D eigenvalue weighted by Crippen LogP contribution is 2.33. The molecule has 0 unspecified atom stereocenters. The predicted molar refractivity (Wildman–Crippen MR) is 90.0 cm³/mol. The van der Waals surface area contributed by atoms with Crippen molar-refractivity contribution >= 4 is 60.7 Å². The van der Waals surface area contributed by atoms with Crippen LogP contribution in [0.1, 0.15) is 5.56 Å². The molecule has 0 spiro atoms. The van der Waals surface area contributed by atoms with Gasteiger partial charge in [-0.15, -0.1) is 0 Å². The van der Waals surface area contributed by atoms with E-state index in [9.17, 15) is 9.18 Å². The Kier molecular flexibility index (Phi) is 5.24. The first kappa shape index (κ1) is 16.3. The van der Waals surface area contributed by atoms with Gasteiger partial charge in [0.1, 0.15) is 5.82 Å². The predicted octanol–water partition coefficient (Wildman–Crippen LogP) is 4.77. The topological polar surface area (TPSA) is 55.1 Å². The molecule has 110 valence electrons. The molecule has 0 heterocycles. The van der Waals surface area contributed by atoms with Crippen molar-refractivity contribution in [1.82, 2.24) is 0 Å². The van der Waals surface area contributed by atoms with Crippen LogP contribution in [0.3, 0.4) is 0 Å². The van der Waals surface area contributed by atoms with Gasteiger partial charge in [0, 0.05) is 25.2 Å². The smallest absolute Gasteiger partial charge is 0.229 e. The molecule has 0 aromatic heterocycles. The molecule has 0 saturated heterocycles. The van der Waals surface area contributed by atoms with Gasteiger partial charge < -0.3 is 11.1 Å². The second-order valence-electron chi connectivity index (χ2n) is 4.28. The molecule has 3 N–H and O–H groups in total. The molecule has 0 fully saturated rings. The zero-order chi connectivity index (χ0) is 15.6. The number of nitrogens with two attached hydrogens (primary N) is 1. The SMILES string of the molecule is Nc1cc(Br)c(NC(=O)Cc2c(F)cccc2Cl)c(Br)c1. The van der Waals surface area contributed by atoms with E-state index in [0.29, 0.717) is 20.3 Å². The lowest BCUT2D eigenvalue weighted by Gasteiger charge is -2.11. The Hall–Kier alpha value is -1.11. The molecule has 0 saturated carbocycles. The highest BCUT2D eigenvalue weighted by Gasteiger charge is 2.14. The van der Waals surface area contributed by atoms with Crippen LogP contribution in [-0.4, -0.2) is 5.91 Å². The van der Waals surface area contributed by atoms with E-state index in [-0.39, 0.29) is 22.9 Å². The number of nitrogen functional groups attached to an aromatic ring is 1. The molecule has 0 atom stereocenters. The summed E-state index contributed by atoms with van der Waals surface area (Å²) in [6, 6.07) is 7.63. The fraction of sp³-hybridized carbons (Fsp3) is 0.0714. The van der Waals surface area contributed by atoms with Gasteiger partial charge in [0.05, 0.1) is 12.1 Å². The second-order valence-corrected chi connectivity index (χ2v) is 6.40. The lowest BCUT2D eigenvalue weighted by Crippen LogP contribution is -2.16. The summed E-state index contributed by atoms with van der Waals surface area (Å²) in [5.41, 5.74) is 6.92. The minimum absolute atomic E-state index is 0.158. The number of rotatable bonds is 3. The molecule has 2 rings (SSSR count). The van der Waals surface area contributed by atoms with Crippen LogP contribution in [0.2, 0.25) is 5.02 Å². The Morgan fingerprint density at radius 3 is 2.48 bits per heavy atom. The number of benzene rings is 2. The van der Waals surface area contributed by atoms with Crippen LogP contribution in [0.5, 0.6) is 0 Å². The molecule has 2 aromatic carbocycles. The van der Waals surface area contributed by atoms with Crippen LogP contribution < -0.4 is 11.1 Å². The molecule has 0 bridgehead atoms. The summed E-state index contributed by atoms with van der Waals surface area (Å²) in [7, 11) is 0. The van der Waals surface area contributed by atoms with Crippen LogP contribution >= 0.6 is 43.5 Å². The molecule has 0 aliphatic heterocycles. The number of halogens is 4. The van der Waals surface area contributed by atoms with E-state index in [1.165, 1.54) is 12.1 Å². The number of nitrogens with one attached hydrogen (secondary N) is 1. The van der Waals surface area contributed by atoms with Gasteiger partial charge in [-0.25, -0.2) is 4.39 Å². The average molecular weight is 437 g/mol. The van der Waals surface area contributed by atoms with E-state index in [1.807, 2.05) is 0 Å². The Balaban J connectivity index is 2.20. The van der Waals surface area contributed by atoms with Crippen molar-refractivity contribution < 1.29 is 9.18 Å². The number of hydrogen-bond acceptors (Lipinski definition) is 2. The van der Waals surface area contributed by atoms with Gasteiger partial charge in [0.2, 0.25) is 5.91 Å². The van der Waals surface area contributed by atoms with Gasteiger partial charge in [-0.1, -0.05) is 17.7 Å². The van der Waals surface area contributed by atoms with Crippen LogP contribution in [-0.2, 0) is 11.2 Å². The Morgan fingerprint density at radius 2 is 1.90 bits per heavy atom. The van der Waals surface area contributed by atoms with Crippen molar-refractivity contribution in [1.29, 1.82) is 0 Å². The lowest BCUT2D eigenvalue weighted by atomic mass is 10.1. The van der Waals surface area contributed by atoms with Crippen LogP contribution in [0.15, 0.2) is 39.3 Å². The van der Waals surface area contributed by atoms with Crippen molar-refractivity contribution in [3.05, 3.63) is 55.7 Å². The molecule has 7 heteroatoms. The fourth-order valence-corrected chi connectivity index (χ4v) is 3.41. The summed E-state index contributed by atoms with van der Waals surface area (Å²) in [6.45, 7) is 0. The fourth-order valence-electron chi connectivity index (χ4n) is 1.76. The number of amides is 1. The molecule has 0 aliphatic rings. The van der Waals surface area contributed by atoms with Gasteiger partial charge in [0.15, 0.2) is 0 Å². The third-order valence-electron chi connectivity index (χ3n) is 2.73. The molecule has 21 heavy (non-hydrogen) atoms. The van der Waals surface area contributed by atoms with Crippen molar-refractivity contribution in [2.24, 2.45) is 0 Å². The normalized spacial score (nSPS) is 10.5. The van der Waals surface area contributed by atoms with E-state index in [4.69, 9.17) is 17.3 Å². The first-order valence-electron chi connectivity index (χ1n) is 5.85. The summed E-state index contributed by atoms with van der Waals surface area (Å²) >= 11 is 12.5. The zero-order valence-corrected chi connectivity index (χ0v) is 14.5. The molecular formula is C14H10Br2ClFN2O. The van der Waals surface area contributed by atoms with Gasteiger partial charge in [-0.05, 0) is 56.1 Å². The maximum absolute atomic E-state index is 13.7.